The number of ether oxygens (including phenoxy) is 2. The molecule has 0 atom stereocenters. The number of halogens is 3. The minimum atomic E-state index is -5.23. The first-order valence-electron chi connectivity index (χ1n) is 7.89. The van der Waals surface area contributed by atoms with E-state index in [-0.39, 0.29) is 30.2 Å². The zero-order chi connectivity index (χ0) is 20.9. The van der Waals surface area contributed by atoms with Gasteiger partial charge in [0.25, 0.3) is 5.91 Å². The molecule has 0 aliphatic heterocycles. The van der Waals surface area contributed by atoms with E-state index in [1.54, 1.807) is 0 Å². The number of benzene rings is 1. The molecule has 0 unspecified atom stereocenters. The Labute approximate surface area is 158 Å². The van der Waals surface area contributed by atoms with Gasteiger partial charge in [0.15, 0.2) is 5.75 Å². The van der Waals surface area contributed by atoms with Crippen LogP contribution in [0.15, 0.2) is 30.6 Å². The number of hydrogen-bond acceptors (Lipinski definition) is 7. The molecule has 0 fully saturated rings. The monoisotopic (exact) mass is 398 g/mol. The molecule has 0 bridgehead atoms. The van der Waals surface area contributed by atoms with E-state index in [1.165, 1.54) is 44.7 Å². The zero-order valence-corrected chi connectivity index (χ0v) is 15.0. The Balaban J connectivity index is 2.37. The molecule has 1 heterocycles. The fraction of sp³-hybridized carbons (Fsp3) is 0.294. The van der Waals surface area contributed by atoms with Crippen LogP contribution in [0, 0.1) is 0 Å². The Kier molecular flexibility index (Phi) is 6.52. The lowest BCUT2D eigenvalue weighted by molar-refractivity contribution is -0.189. The summed E-state index contributed by atoms with van der Waals surface area (Å²) in [6, 6.07) is 5.51. The van der Waals surface area contributed by atoms with Crippen LogP contribution in [0.25, 0.3) is 0 Å². The largest absolute Gasteiger partial charge is 0.491 e. The van der Waals surface area contributed by atoms with Gasteiger partial charge in [-0.3, -0.25) is 4.79 Å². The molecular formula is C17H17F3N4O4. The van der Waals surface area contributed by atoms with Gasteiger partial charge in [0, 0.05) is 32.3 Å². The van der Waals surface area contributed by atoms with Crippen LogP contribution < -0.4 is 15.2 Å². The molecule has 2 aromatic rings. The molecule has 2 N–H and O–H groups in total. The number of aromatic nitrogens is 2. The van der Waals surface area contributed by atoms with Crippen molar-refractivity contribution in [2.45, 2.75) is 19.3 Å². The van der Waals surface area contributed by atoms with Crippen molar-refractivity contribution in [2.75, 3.05) is 14.1 Å². The number of carbonyl (C=O) groups excluding carboxylic acids is 2. The van der Waals surface area contributed by atoms with Crippen molar-refractivity contribution in [3.63, 3.8) is 0 Å². The third-order valence-corrected chi connectivity index (χ3v) is 3.44. The predicted molar refractivity (Wildman–Crippen MR) is 90.4 cm³/mol. The molecule has 0 saturated carbocycles. The summed E-state index contributed by atoms with van der Waals surface area (Å²) >= 11 is 0. The van der Waals surface area contributed by atoms with Gasteiger partial charge in [-0.2, -0.15) is 13.2 Å². The molecule has 150 valence electrons. The predicted octanol–water partition coefficient (Wildman–Crippen LogP) is 1.68. The number of para-hydroxylation sites is 1. The highest BCUT2D eigenvalue weighted by molar-refractivity contribution is 5.98. The molecule has 0 aliphatic rings. The van der Waals surface area contributed by atoms with Gasteiger partial charge in [-0.15, -0.1) is 0 Å². The van der Waals surface area contributed by atoms with E-state index < -0.39 is 23.8 Å². The maximum atomic E-state index is 12.7. The van der Waals surface area contributed by atoms with E-state index in [0.29, 0.717) is 5.69 Å². The number of nitrogens with two attached hydrogens (primary N) is 1. The summed E-state index contributed by atoms with van der Waals surface area (Å²) < 4.78 is 47.9. The van der Waals surface area contributed by atoms with E-state index in [1.807, 2.05) is 0 Å². The normalized spacial score (nSPS) is 11.1. The highest BCUT2D eigenvalue weighted by atomic mass is 19.4. The van der Waals surface area contributed by atoms with Crippen molar-refractivity contribution in [1.82, 2.24) is 14.9 Å². The maximum Gasteiger partial charge on any atom is 0.491 e. The number of nitrogens with zero attached hydrogens (tertiary/aromatic N) is 3. The summed E-state index contributed by atoms with van der Waals surface area (Å²) in [6.45, 7) is -0.170. The summed E-state index contributed by atoms with van der Waals surface area (Å²) in [6.07, 6.45) is -4.01. The summed E-state index contributed by atoms with van der Waals surface area (Å²) in [4.78, 5) is 32.5. The molecule has 1 aromatic carbocycles. The number of alkyl halides is 3. The first-order chi connectivity index (χ1) is 13.1. The third-order valence-electron chi connectivity index (χ3n) is 3.44. The Morgan fingerprint density at radius 2 is 1.93 bits per heavy atom. The first-order valence-corrected chi connectivity index (χ1v) is 7.89. The van der Waals surface area contributed by atoms with Crippen molar-refractivity contribution < 1.29 is 32.2 Å². The highest BCUT2D eigenvalue weighted by Gasteiger charge is 2.42. The van der Waals surface area contributed by atoms with E-state index in [4.69, 9.17) is 10.5 Å². The Morgan fingerprint density at radius 3 is 2.54 bits per heavy atom. The van der Waals surface area contributed by atoms with Gasteiger partial charge in [-0.1, -0.05) is 12.1 Å². The molecule has 0 spiro atoms. The molecule has 0 saturated heterocycles. The van der Waals surface area contributed by atoms with Gasteiger partial charge in [-0.25, -0.2) is 14.8 Å². The molecule has 0 radical (unpaired) electrons. The average molecular weight is 398 g/mol. The van der Waals surface area contributed by atoms with Crippen LogP contribution in [0.1, 0.15) is 21.6 Å². The fourth-order valence-electron chi connectivity index (χ4n) is 2.10. The van der Waals surface area contributed by atoms with Crippen LogP contribution in [0.5, 0.6) is 11.6 Å². The Hall–Kier alpha value is -3.21. The molecule has 11 heteroatoms. The van der Waals surface area contributed by atoms with Crippen LogP contribution in [0.2, 0.25) is 0 Å². The zero-order valence-electron chi connectivity index (χ0n) is 15.0. The van der Waals surface area contributed by atoms with Crippen LogP contribution in [0.3, 0.4) is 0 Å². The second kappa shape index (κ2) is 8.65. The lowest BCUT2D eigenvalue weighted by Crippen LogP contribution is -2.30. The SMILES string of the molecule is CN(C)C(=O)c1cccc(COc2cc(CN)ncn2)c1OC(=O)C(F)(F)F. The van der Waals surface area contributed by atoms with Gasteiger partial charge < -0.3 is 20.1 Å². The summed E-state index contributed by atoms with van der Waals surface area (Å²) in [5, 5.41) is 0. The Morgan fingerprint density at radius 1 is 1.21 bits per heavy atom. The van der Waals surface area contributed by atoms with Crippen molar-refractivity contribution in [3.8, 4) is 11.6 Å². The lowest BCUT2D eigenvalue weighted by Gasteiger charge is -2.17. The third kappa shape index (κ3) is 5.16. The quantitative estimate of drug-likeness (QED) is 0.583. The minimum Gasteiger partial charge on any atom is -0.473 e. The molecule has 1 amide bonds. The smallest absolute Gasteiger partial charge is 0.473 e. The van der Waals surface area contributed by atoms with E-state index in [2.05, 4.69) is 14.7 Å². The summed E-state index contributed by atoms with van der Waals surface area (Å²) in [5.74, 6) is -3.50. The molecule has 2 rings (SSSR count). The Bertz CT molecular complexity index is 872. The van der Waals surface area contributed by atoms with E-state index >= 15 is 0 Å². The first kappa shape index (κ1) is 21.1. The topological polar surface area (TPSA) is 108 Å². The van der Waals surface area contributed by atoms with Crippen LogP contribution in [0.4, 0.5) is 13.2 Å². The fourth-order valence-corrected chi connectivity index (χ4v) is 2.10. The minimum absolute atomic E-state index is 0.0539. The molecule has 0 aliphatic carbocycles. The van der Waals surface area contributed by atoms with Crippen molar-refractivity contribution >= 4 is 11.9 Å². The van der Waals surface area contributed by atoms with Gasteiger partial charge >= 0.3 is 12.1 Å². The number of amides is 1. The van der Waals surface area contributed by atoms with Gasteiger partial charge in [0.2, 0.25) is 5.88 Å². The number of hydrogen-bond donors (Lipinski definition) is 1. The molecular weight excluding hydrogens is 381 g/mol. The molecule has 28 heavy (non-hydrogen) atoms. The molecule has 1 aromatic heterocycles. The van der Waals surface area contributed by atoms with E-state index in [0.717, 1.165) is 4.90 Å². The average Bonchev–Trinajstić information content (AvgIpc) is 2.65. The van der Waals surface area contributed by atoms with Gasteiger partial charge in [0.1, 0.15) is 12.9 Å². The highest BCUT2D eigenvalue weighted by Crippen LogP contribution is 2.29. The van der Waals surface area contributed by atoms with Crippen molar-refractivity contribution in [2.24, 2.45) is 5.73 Å². The number of esters is 1. The van der Waals surface area contributed by atoms with Gasteiger partial charge in [-0.05, 0) is 6.07 Å². The van der Waals surface area contributed by atoms with Crippen LogP contribution in [-0.4, -0.2) is 47.0 Å². The van der Waals surface area contributed by atoms with E-state index in [9.17, 15) is 22.8 Å². The standard InChI is InChI=1S/C17H17F3N4O4/c1-24(2)15(25)12-5-3-4-10(14(12)28-16(26)17(18,19)20)8-27-13-6-11(7-21)22-9-23-13/h3-6,9H,7-8,21H2,1-2H3. The second-order valence-corrected chi connectivity index (χ2v) is 5.72. The lowest BCUT2D eigenvalue weighted by atomic mass is 10.1. The second-order valence-electron chi connectivity index (χ2n) is 5.72. The molecule has 8 nitrogen and oxygen atoms in total. The summed E-state index contributed by atoms with van der Waals surface area (Å²) in [5.41, 5.74) is 5.81. The van der Waals surface area contributed by atoms with Crippen LogP contribution >= 0.6 is 0 Å². The van der Waals surface area contributed by atoms with Crippen molar-refractivity contribution in [1.29, 1.82) is 0 Å². The van der Waals surface area contributed by atoms with Crippen LogP contribution in [-0.2, 0) is 17.9 Å². The number of rotatable bonds is 6. The van der Waals surface area contributed by atoms with Crippen molar-refractivity contribution in [3.05, 3.63) is 47.4 Å². The van der Waals surface area contributed by atoms with Gasteiger partial charge in [0.05, 0.1) is 11.3 Å². The number of carbonyl (C=O) groups is 2. The summed E-state index contributed by atoms with van der Waals surface area (Å²) in [7, 11) is 2.83. The maximum absolute atomic E-state index is 12.7.